The van der Waals surface area contributed by atoms with Gasteiger partial charge in [-0.1, -0.05) is 43.7 Å². The first-order valence-corrected chi connectivity index (χ1v) is 5.58. The topological polar surface area (TPSA) is 32.9 Å². The highest BCUT2D eigenvalue weighted by Gasteiger charge is 1.98. The lowest BCUT2D eigenvalue weighted by Gasteiger charge is -2.03. The Kier molecular flexibility index (Phi) is 3.20. The molecule has 0 amide bonds. The quantitative estimate of drug-likeness (QED) is 0.835. The van der Waals surface area contributed by atoms with Gasteiger partial charge in [-0.25, -0.2) is 0 Å². The molecule has 0 bridgehead atoms. The normalized spacial score (nSPS) is 10.3. The Morgan fingerprint density at radius 3 is 2.44 bits per heavy atom. The van der Waals surface area contributed by atoms with Crippen LogP contribution in [0, 0.1) is 0 Å². The predicted octanol–water partition coefficient (Wildman–Crippen LogP) is 2.99. The van der Waals surface area contributed by atoms with Gasteiger partial charge < -0.3 is 4.98 Å². The summed E-state index contributed by atoms with van der Waals surface area (Å²) in [5, 5.41) is 0. The van der Waals surface area contributed by atoms with E-state index in [2.05, 4.69) is 36.2 Å². The van der Waals surface area contributed by atoms with Crippen LogP contribution in [0.3, 0.4) is 0 Å². The first-order valence-electron chi connectivity index (χ1n) is 5.58. The number of pyridine rings is 1. The van der Waals surface area contributed by atoms with Gasteiger partial charge in [0.15, 0.2) is 0 Å². The van der Waals surface area contributed by atoms with Gasteiger partial charge >= 0.3 is 0 Å². The van der Waals surface area contributed by atoms with E-state index in [-0.39, 0.29) is 5.56 Å². The second-order valence-corrected chi connectivity index (χ2v) is 3.88. The third kappa shape index (κ3) is 2.40. The van der Waals surface area contributed by atoms with Crippen molar-refractivity contribution in [2.45, 2.75) is 19.8 Å². The molecule has 1 N–H and O–H groups in total. The Morgan fingerprint density at radius 1 is 1.06 bits per heavy atom. The minimum absolute atomic E-state index is 0.0601. The predicted molar refractivity (Wildman–Crippen MR) is 66.5 cm³/mol. The summed E-state index contributed by atoms with van der Waals surface area (Å²) in [5.41, 5.74) is 3.20. The molecule has 2 nitrogen and oxygen atoms in total. The first-order chi connectivity index (χ1) is 7.79. The summed E-state index contributed by atoms with van der Waals surface area (Å²) in [6, 6.07) is 13.5. The molecule has 0 fully saturated rings. The van der Waals surface area contributed by atoms with Gasteiger partial charge in [0.1, 0.15) is 0 Å². The van der Waals surface area contributed by atoms with Crippen LogP contribution in [0.15, 0.2) is 47.3 Å². The van der Waals surface area contributed by atoms with Crippen LogP contribution < -0.4 is 5.56 Å². The fourth-order valence-electron chi connectivity index (χ4n) is 1.76. The molecular weight excluding hydrogens is 198 g/mol. The van der Waals surface area contributed by atoms with E-state index in [9.17, 15) is 4.79 Å². The van der Waals surface area contributed by atoms with Crippen LogP contribution >= 0.6 is 0 Å². The standard InChI is InChI=1S/C14H15NO/c1-2-4-11-7-9-12(10-8-11)13-5-3-6-14(16)15-13/h3,5-10H,2,4H2,1H3,(H,15,16). The van der Waals surface area contributed by atoms with Crippen molar-refractivity contribution in [3.63, 3.8) is 0 Å². The number of hydrogen-bond donors (Lipinski definition) is 1. The molecular formula is C14H15NO. The SMILES string of the molecule is CCCc1ccc(-c2cccc(=O)[nH]2)cc1. The van der Waals surface area contributed by atoms with Crippen molar-refractivity contribution in [3.05, 3.63) is 58.4 Å². The number of H-pyrrole nitrogens is 1. The van der Waals surface area contributed by atoms with E-state index >= 15 is 0 Å². The van der Waals surface area contributed by atoms with Gasteiger partial charge in [-0.2, -0.15) is 0 Å². The molecule has 1 aromatic heterocycles. The monoisotopic (exact) mass is 213 g/mol. The maximum absolute atomic E-state index is 11.2. The molecule has 82 valence electrons. The van der Waals surface area contributed by atoms with Crippen LogP contribution in [0.2, 0.25) is 0 Å². The molecule has 0 aliphatic heterocycles. The lowest BCUT2D eigenvalue weighted by molar-refractivity contribution is 0.922. The molecule has 2 aromatic rings. The van der Waals surface area contributed by atoms with Crippen molar-refractivity contribution in [2.24, 2.45) is 0 Å². The molecule has 2 rings (SSSR count). The highest BCUT2D eigenvalue weighted by molar-refractivity contribution is 5.58. The summed E-state index contributed by atoms with van der Waals surface area (Å²) >= 11 is 0. The average Bonchev–Trinajstić information content (AvgIpc) is 2.30. The molecule has 0 saturated carbocycles. The molecule has 0 saturated heterocycles. The zero-order chi connectivity index (χ0) is 11.4. The van der Waals surface area contributed by atoms with Crippen LogP contribution in [-0.4, -0.2) is 4.98 Å². The third-order valence-electron chi connectivity index (χ3n) is 2.57. The minimum Gasteiger partial charge on any atom is -0.322 e. The zero-order valence-electron chi connectivity index (χ0n) is 9.36. The highest BCUT2D eigenvalue weighted by Crippen LogP contribution is 2.16. The van der Waals surface area contributed by atoms with Gasteiger partial charge in [0.2, 0.25) is 5.56 Å². The number of hydrogen-bond acceptors (Lipinski definition) is 1. The second-order valence-electron chi connectivity index (χ2n) is 3.88. The molecule has 0 unspecified atom stereocenters. The summed E-state index contributed by atoms with van der Waals surface area (Å²) in [7, 11) is 0. The Morgan fingerprint density at radius 2 is 1.81 bits per heavy atom. The molecule has 16 heavy (non-hydrogen) atoms. The van der Waals surface area contributed by atoms with Crippen LogP contribution in [0.5, 0.6) is 0 Å². The Labute approximate surface area is 95.0 Å². The van der Waals surface area contributed by atoms with E-state index in [1.54, 1.807) is 6.07 Å². The fourth-order valence-corrected chi connectivity index (χ4v) is 1.76. The number of rotatable bonds is 3. The maximum Gasteiger partial charge on any atom is 0.248 e. The number of aromatic nitrogens is 1. The summed E-state index contributed by atoms with van der Waals surface area (Å²) in [6.07, 6.45) is 2.26. The van der Waals surface area contributed by atoms with Crippen molar-refractivity contribution < 1.29 is 0 Å². The van der Waals surface area contributed by atoms with E-state index in [0.717, 1.165) is 24.1 Å². The van der Waals surface area contributed by atoms with E-state index in [0.29, 0.717) is 0 Å². The first kappa shape index (κ1) is 10.7. The number of nitrogens with one attached hydrogen (secondary N) is 1. The van der Waals surface area contributed by atoms with Gasteiger partial charge in [-0.05, 0) is 23.6 Å². The van der Waals surface area contributed by atoms with E-state index < -0.39 is 0 Å². The number of aromatic amines is 1. The maximum atomic E-state index is 11.2. The molecule has 0 aliphatic carbocycles. The van der Waals surface area contributed by atoms with Crippen molar-refractivity contribution in [3.8, 4) is 11.3 Å². The molecule has 1 aromatic carbocycles. The van der Waals surface area contributed by atoms with Crippen LogP contribution in [0.1, 0.15) is 18.9 Å². The Hall–Kier alpha value is -1.83. The molecule has 0 spiro atoms. The summed E-state index contributed by atoms with van der Waals surface area (Å²) in [6.45, 7) is 2.17. The summed E-state index contributed by atoms with van der Waals surface area (Å²) in [5.74, 6) is 0. The molecule has 0 radical (unpaired) electrons. The minimum atomic E-state index is -0.0601. The number of aryl methyl sites for hydroxylation is 1. The second kappa shape index (κ2) is 4.79. The largest absolute Gasteiger partial charge is 0.322 e. The Balaban J connectivity index is 2.31. The lowest BCUT2D eigenvalue weighted by atomic mass is 10.1. The van der Waals surface area contributed by atoms with Crippen molar-refractivity contribution >= 4 is 0 Å². The van der Waals surface area contributed by atoms with E-state index in [4.69, 9.17) is 0 Å². The van der Waals surface area contributed by atoms with Gasteiger partial charge in [-0.15, -0.1) is 0 Å². The average molecular weight is 213 g/mol. The summed E-state index contributed by atoms with van der Waals surface area (Å²) < 4.78 is 0. The van der Waals surface area contributed by atoms with Crippen LogP contribution in [-0.2, 0) is 6.42 Å². The smallest absolute Gasteiger partial charge is 0.248 e. The zero-order valence-corrected chi connectivity index (χ0v) is 9.36. The lowest BCUT2D eigenvalue weighted by Crippen LogP contribution is -2.03. The van der Waals surface area contributed by atoms with Crippen molar-refractivity contribution in [1.82, 2.24) is 4.98 Å². The molecule has 0 aliphatic rings. The third-order valence-corrected chi connectivity index (χ3v) is 2.57. The van der Waals surface area contributed by atoms with Gasteiger partial charge in [-0.3, -0.25) is 4.79 Å². The van der Waals surface area contributed by atoms with Crippen molar-refractivity contribution in [2.75, 3.05) is 0 Å². The fraction of sp³-hybridized carbons (Fsp3) is 0.214. The van der Waals surface area contributed by atoms with E-state index in [1.165, 1.54) is 11.6 Å². The van der Waals surface area contributed by atoms with Gasteiger partial charge in [0.05, 0.1) is 0 Å². The highest BCUT2D eigenvalue weighted by atomic mass is 16.1. The molecule has 0 atom stereocenters. The summed E-state index contributed by atoms with van der Waals surface area (Å²) in [4.78, 5) is 14.0. The van der Waals surface area contributed by atoms with Crippen molar-refractivity contribution in [1.29, 1.82) is 0 Å². The Bertz CT molecular complexity index is 511. The van der Waals surface area contributed by atoms with Gasteiger partial charge in [0, 0.05) is 11.8 Å². The number of benzene rings is 1. The van der Waals surface area contributed by atoms with Gasteiger partial charge in [0.25, 0.3) is 0 Å². The van der Waals surface area contributed by atoms with Crippen LogP contribution in [0.4, 0.5) is 0 Å². The molecule has 2 heteroatoms. The molecule has 1 heterocycles. The van der Waals surface area contributed by atoms with Crippen LogP contribution in [0.25, 0.3) is 11.3 Å². The van der Waals surface area contributed by atoms with E-state index in [1.807, 2.05) is 6.07 Å².